The van der Waals surface area contributed by atoms with Crippen molar-refractivity contribution in [3.8, 4) is 0 Å². The zero-order valence-electron chi connectivity index (χ0n) is 10.5. The molecule has 1 aliphatic heterocycles. The Kier molecular flexibility index (Phi) is 4.26. The van der Waals surface area contributed by atoms with Gasteiger partial charge in [-0.1, -0.05) is 13.0 Å². The van der Waals surface area contributed by atoms with E-state index in [4.69, 9.17) is 0 Å². The van der Waals surface area contributed by atoms with Crippen LogP contribution in [0.25, 0.3) is 0 Å². The smallest absolute Gasteiger partial charge is 0.189 e. The molecule has 0 saturated carbocycles. The highest BCUT2D eigenvalue weighted by atomic mass is 19.1. The van der Waals surface area contributed by atoms with Crippen molar-refractivity contribution in [2.45, 2.75) is 19.3 Å². The summed E-state index contributed by atoms with van der Waals surface area (Å²) in [6.07, 6.45) is 3.66. The number of rotatable bonds is 4. The van der Waals surface area contributed by atoms with E-state index in [0.29, 0.717) is 17.7 Å². The summed E-state index contributed by atoms with van der Waals surface area (Å²) in [6, 6.07) is 5.64. The Labute approximate surface area is 107 Å². The Balaban J connectivity index is 1.95. The first-order chi connectivity index (χ1) is 8.66. The molecule has 0 amide bonds. The van der Waals surface area contributed by atoms with Crippen molar-refractivity contribution in [1.82, 2.24) is 4.90 Å². The van der Waals surface area contributed by atoms with E-state index in [-0.39, 0.29) is 11.6 Å². The molecular weight excluding hydrogens is 229 g/mol. The Bertz CT molecular complexity index is 432. The molecule has 96 valence electrons. The lowest BCUT2D eigenvalue weighted by Crippen LogP contribution is -2.32. The first kappa shape index (κ1) is 13.0. The monoisotopic (exact) mass is 247 g/mol. The maximum Gasteiger partial charge on any atom is 0.189 e. The lowest BCUT2D eigenvalue weighted by Gasteiger charge is -2.26. The van der Waals surface area contributed by atoms with Crippen LogP contribution in [-0.2, 0) is 0 Å². The summed E-state index contributed by atoms with van der Waals surface area (Å²) < 4.78 is 12.8. The Morgan fingerprint density at radius 1 is 1.17 bits per heavy atom. The number of carbonyl (C=O) groups is 1. The van der Waals surface area contributed by atoms with E-state index in [1.807, 2.05) is 0 Å². The number of carbonyl (C=O) groups excluding carboxylic acids is 1. The minimum atomic E-state index is -0.326. The van der Waals surface area contributed by atoms with Gasteiger partial charge >= 0.3 is 0 Å². The highest BCUT2D eigenvalue weighted by molar-refractivity contribution is 6.08. The molecule has 18 heavy (non-hydrogen) atoms. The molecule has 2 nitrogen and oxygen atoms in total. The minimum Gasteiger partial charge on any atom is -0.299 e. The first-order valence-corrected chi connectivity index (χ1v) is 6.37. The topological polar surface area (TPSA) is 20.3 Å². The molecule has 1 aromatic carbocycles. The van der Waals surface area contributed by atoms with Crippen LogP contribution in [0, 0.1) is 5.82 Å². The lowest BCUT2D eigenvalue weighted by atomic mass is 10.0. The summed E-state index contributed by atoms with van der Waals surface area (Å²) in [5.74, 6) is -0.409. The fourth-order valence-electron chi connectivity index (χ4n) is 2.26. The highest BCUT2D eigenvalue weighted by Gasteiger charge is 2.16. The molecule has 1 fully saturated rings. The summed E-state index contributed by atoms with van der Waals surface area (Å²) >= 11 is 0. The van der Waals surface area contributed by atoms with Crippen molar-refractivity contribution in [3.63, 3.8) is 0 Å². The first-order valence-electron chi connectivity index (χ1n) is 6.37. The van der Waals surface area contributed by atoms with E-state index in [9.17, 15) is 9.18 Å². The van der Waals surface area contributed by atoms with Gasteiger partial charge in [-0.15, -0.1) is 0 Å². The average molecular weight is 247 g/mol. The van der Waals surface area contributed by atoms with E-state index in [1.165, 1.54) is 43.5 Å². The number of nitrogens with zero attached hydrogens (tertiary/aromatic N) is 1. The van der Waals surface area contributed by atoms with E-state index >= 15 is 0 Å². The van der Waals surface area contributed by atoms with Gasteiger partial charge < -0.3 is 0 Å². The third-order valence-corrected chi connectivity index (χ3v) is 3.29. The van der Waals surface area contributed by atoms with Crippen LogP contribution in [0.5, 0.6) is 0 Å². The van der Waals surface area contributed by atoms with Crippen LogP contribution in [0.4, 0.5) is 4.39 Å². The minimum absolute atomic E-state index is 0.0828. The summed E-state index contributed by atoms with van der Waals surface area (Å²) in [5, 5.41) is 0. The maximum absolute atomic E-state index is 12.8. The summed E-state index contributed by atoms with van der Waals surface area (Å²) in [6.45, 7) is 6.56. The maximum atomic E-state index is 12.8. The van der Waals surface area contributed by atoms with Crippen LogP contribution in [0.15, 0.2) is 36.4 Å². The van der Waals surface area contributed by atoms with Gasteiger partial charge in [0.05, 0.1) is 0 Å². The molecular formula is C15H18FNO. The number of hydrogen-bond donors (Lipinski definition) is 0. The van der Waals surface area contributed by atoms with Crippen LogP contribution >= 0.6 is 0 Å². The largest absolute Gasteiger partial charge is 0.299 e. The molecule has 0 aliphatic carbocycles. The van der Waals surface area contributed by atoms with Gasteiger partial charge in [0.2, 0.25) is 0 Å². The molecule has 0 unspecified atom stereocenters. The second kappa shape index (κ2) is 5.91. The van der Waals surface area contributed by atoms with Crippen LogP contribution in [-0.4, -0.2) is 30.3 Å². The number of benzene rings is 1. The molecule has 1 aliphatic rings. The molecule has 1 aromatic rings. The highest BCUT2D eigenvalue weighted by Crippen LogP contribution is 2.13. The van der Waals surface area contributed by atoms with Gasteiger partial charge in [-0.25, -0.2) is 4.39 Å². The molecule has 0 N–H and O–H groups in total. The van der Waals surface area contributed by atoms with E-state index in [2.05, 4.69) is 11.5 Å². The van der Waals surface area contributed by atoms with Gasteiger partial charge in [-0.3, -0.25) is 9.69 Å². The zero-order chi connectivity index (χ0) is 13.0. The van der Waals surface area contributed by atoms with Crippen LogP contribution < -0.4 is 0 Å². The molecule has 1 heterocycles. The number of piperidine rings is 1. The predicted octanol–water partition coefficient (Wildman–Crippen LogP) is 3.05. The van der Waals surface area contributed by atoms with Crippen molar-refractivity contribution < 1.29 is 9.18 Å². The number of Topliss-reactive ketones (excluding diaryl/α,β-unsaturated/α-hetero) is 1. The molecule has 0 aromatic heterocycles. The molecule has 0 spiro atoms. The molecule has 0 bridgehead atoms. The van der Waals surface area contributed by atoms with E-state index in [1.54, 1.807) is 0 Å². The number of likely N-dealkylation sites (tertiary alicyclic amines) is 1. The molecule has 1 saturated heterocycles. The van der Waals surface area contributed by atoms with Crippen molar-refractivity contribution >= 4 is 5.78 Å². The van der Waals surface area contributed by atoms with Crippen LogP contribution in [0.2, 0.25) is 0 Å². The van der Waals surface area contributed by atoms with Gasteiger partial charge in [0.15, 0.2) is 5.78 Å². The lowest BCUT2D eigenvalue weighted by molar-refractivity contribution is 0.102. The van der Waals surface area contributed by atoms with Gasteiger partial charge in [0.1, 0.15) is 5.82 Å². The summed E-state index contributed by atoms with van der Waals surface area (Å²) in [7, 11) is 0. The molecule has 0 atom stereocenters. The number of hydrogen-bond acceptors (Lipinski definition) is 2. The molecule has 3 heteroatoms. The van der Waals surface area contributed by atoms with Gasteiger partial charge in [0, 0.05) is 17.7 Å². The summed E-state index contributed by atoms with van der Waals surface area (Å²) in [5.41, 5.74) is 1.10. The number of halogens is 1. The second-order valence-corrected chi connectivity index (χ2v) is 4.78. The van der Waals surface area contributed by atoms with Gasteiger partial charge in [-0.05, 0) is 50.2 Å². The predicted molar refractivity (Wildman–Crippen MR) is 70.2 cm³/mol. The zero-order valence-corrected chi connectivity index (χ0v) is 10.5. The van der Waals surface area contributed by atoms with Gasteiger partial charge in [0.25, 0.3) is 0 Å². The summed E-state index contributed by atoms with van der Waals surface area (Å²) in [4.78, 5) is 14.3. The SMILES string of the molecule is C=C(CN1CCCCC1)C(=O)c1ccc(F)cc1. The molecule has 0 radical (unpaired) electrons. The Morgan fingerprint density at radius 3 is 2.39 bits per heavy atom. The Morgan fingerprint density at radius 2 is 1.78 bits per heavy atom. The average Bonchev–Trinajstić information content (AvgIpc) is 2.40. The van der Waals surface area contributed by atoms with Crippen molar-refractivity contribution in [2.75, 3.05) is 19.6 Å². The third-order valence-electron chi connectivity index (χ3n) is 3.29. The fraction of sp³-hybridized carbons (Fsp3) is 0.400. The van der Waals surface area contributed by atoms with Crippen molar-refractivity contribution in [3.05, 3.63) is 47.8 Å². The number of ketones is 1. The molecule has 2 rings (SSSR count). The Hall–Kier alpha value is -1.48. The van der Waals surface area contributed by atoms with Crippen molar-refractivity contribution in [1.29, 1.82) is 0 Å². The second-order valence-electron chi connectivity index (χ2n) is 4.78. The van der Waals surface area contributed by atoms with Crippen LogP contribution in [0.1, 0.15) is 29.6 Å². The standard InChI is InChI=1S/C15H18FNO/c1-12(11-17-9-3-2-4-10-17)15(18)13-5-7-14(16)8-6-13/h5-8H,1-4,9-11H2. The van der Waals surface area contributed by atoms with Crippen molar-refractivity contribution in [2.24, 2.45) is 0 Å². The quantitative estimate of drug-likeness (QED) is 0.602. The fourth-order valence-corrected chi connectivity index (χ4v) is 2.26. The third kappa shape index (κ3) is 3.26. The normalized spacial score (nSPS) is 16.5. The van der Waals surface area contributed by atoms with E-state index in [0.717, 1.165) is 13.1 Å². The van der Waals surface area contributed by atoms with E-state index < -0.39 is 0 Å². The van der Waals surface area contributed by atoms with Gasteiger partial charge in [-0.2, -0.15) is 0 Å². The van der Waals surface area contributed by atoms with Crippen LogP contribution in [0.3, 0.4) is 0 Å².